The minimum absolute atomic E-state index is 0.0314. The van der Waals surface area contributed by atoms with E-state index >= 15 is 0 Å². The zero-order valence-corrected chi connectivity index (χ0v) is 14.1. The summed E-state index contributed by atoms with van der Waals surface area (Å²) in [5.41, 5.74) is 5.77. The summed E-state index contributed by atoms with van der Waals surface area (Å²) < 4.78 is 5.36. The number of nitrogens with one attached hydrogen (secondary N) is 3. The monoisotopic (exact) mass is 352 g/mol. The molecule has 24 heavy (non-hydrogen) atoms. The fraction of sp³-hybridized carbons (Fsp3) is 0.467. The number of rotatable bonds is 4. The Labute approximate surface area is 145 Å². The highest BCUT2D eigenvalue weighted by Gasteiger charge is 2.32. The van der Waals surface area contributed by atoms with E-state index in [-0.39, 0.29) is 22.6 Å². The highest BCUT2D eigenvalue weighted by molar-refractivity contribution is 7.80. The Morgan fingerprint density at radius 1 is 1.38 bits per heavy atom. The lowest BCUT2D eigenvalue weighted by atomic mass is 9.80. The van der Waals surface area contributed by atoms with Gasteiger partial charge in [-0.2, -0.15) is 0 Å². The Morgan fingerprint density at radius 2 is 2.08 bits per heavy atom. The molecule has 1 aromatic carbocycles. The lowest BCUT2D eigenvalue weighted by Crippen LogP contribution is -2.48. The third kappa shape index (κ3) is 4.62. The number of hydrazine groups is 1. The number of carbonyl (C=O) groups is 1. The molecular formula is C15H20N4O4S. The molecular weight excluding hydrogens is 332 g/mol. The van der Waals surface area contributed by atoms with Crippen molar-refractivity contribution in [3.8, 4) is 0 Å². The van der Waals surface area contributed by atoms with Crippen molar-refractivity contribution in [1.82, 2.24) is 16.2 Å². The number of amides is 1. The molecule has 0 saturated carbocycles. The molecule has 130 valence electrons. The van der Waals surface area contributed by atoms with Crippen LogP contribution in [0.4, 0.5) is 5.69 Å². The van der Waals surface area contributed by atoms with Gasteiger partial charge >= 0.3 is 0 Å². The molecule has 1 amide bonds. The molecule has 1 unspecified atom stereocenters. The molecule has 1 fully saturated rings. The molecule has 1 saturated heterocycles. The third-order valence-electron chi connectivity index (χ3n) is 3.99. The summed E-state index contributed by atoms with van der Waals surface area (Å²) in [6, 6.07) is 6.20. The first-order valence-corrected chi connectivity index (χ1v) is 8.03. The summed E-state index contributed by atoms with van der Waals surface area (Å²) in [6.07, 6.45) is 1.44. The SMILES string of the molecule is CNC(=S)NNC(=O)C(c1cccc([N+](=O)[O-])c1)C1CCOCC1. The maximum absolute atomic E-state index is 12.7. The van der Waals surface area contributed by atoms with Crippen LogP contribution in [0, 0.1) is 16.0 Å². The Balaban J connectivity index is 2.24. The molecule has 9 heteroatoms. The lowest BCUT2D eigenvalue weighted by Gasteiger charge is -2.29. The van der Waals surface area contributed by atoms with Gasteiger partial charge in [0.15, 0.2) is 5.11 Å². The first-order valence-electron chi connectivity index (χ1n) is 7.62. The first kappa shape index (κ1) is 18.1. The van der Waals surface area contributed by atoms with Crippen molar-refractivity contribution in [2.24, 2.45) is 5.92 Å². The summed E-state index contributed by atoms with van der Waals surface area (Å²) in [4.78, 5) is 23.2. The maximum Gasteiger partial charge on any atom is 0.269 e. The highest BCUT2D eigenvalue weighted by atomic mass is 32.1. The first-order chi connectivity index (χ1) is 11.5. The van der Waals surface area contributed by atoms with Crippen LogP contribution in [0.3, 0.4) is 0 Å². The van der Waals surface area contributed by atoms with Crippen molar-refractivity contribution in [3.63, 3.8) is 0 Å². The van der Waals surface area contributed by atoms with Gasteiger partial charge in [-0.3, -0.25) is 25.8 Å². The summed E-state index contributed by atoms with van der Waals surface area (Å²) in [5, 5.41) is 14.0. The molecule has 0 spiro atoms. The molecule has 0 aromatic heterocycles. The topological polar surface area (TPSA) is 106 Å². The van der Waals surface area contributed by atoms with Gasteiger partial charge in [0.2, 0.25) is 5.91 Å². The van der Waals surface area contributed by atoms with E-state index in [1.165, 1.54) is 12.1 Å². The van der Waals surface area contributed by atoms with Crippen LogP contribution in [0.5, 0.6) is 0 Å². The van der Waals surface area contributed by atoms with Gasteiger partial charge in [0, 0.05) is 32.4 Å². The molecule has 3 N–H and O–H groups in total. The minimum Gasteiger partial charge on any atom is -0.381 e. The number of nitro groups is 1. The van der Waals surface area contributed by atoms with E-state index in [1.807, 2.05) is 0 Å². The number of thiocarbonyl (C=S) groups is 1. The molecule has 0 aliphatic carbocycles. The Kier molecular flexibility index (Phi) is 6.44. The van der Waals surface area contributed by atoms with Crippen LogP contribution in [-0.2, 0) is 9.53 Å². The van der Waals surface area contributed by atoms with Crippen molar-refractivity contribution in [2.45, 2.75) is 18.8 Å². The predicted molar refractivity (Wildman–Crippen MR) is 92.3 cm³/mol. The van der Waals surface area contributed by atoms with E-state index in [1.54, 1.807) is 19.2 Å². The van der Waals surface area contributed by atoms with Gasteiger partial charge in [-0.25, -0.2) is 0 Å². The number of nitrogens with zero attached hydrogens (tertiary/aromatic N) is 1. The molecule has 2 rings (SSSR count). The van der Waals surface area contributed by atoms with Crippen molar-refractivity contribution in [2.75, 3.05) is 20.3 Å². The van der Waals surface area contributed by atoms with Crippen molar-refractivity contribution < 1.29 is 14.5 Å². The van der Waals surface area contributed by atoms with Gasteiger partial charge in [-0.15, -0.1) is 0 Å². The molecule has 1 aliphatic rings. The standard InChI is InChI=1S/C15H20N4O4S/c1-16-15(24)18-17-14(20)13(10-5-7-23-8-6-10)11-3-2-4-12(9-11)19(21)22/h2-4,9-10,13H,5-8H2,1H3,(H,17,20)(H2,16,18,24). The molecule has 1 aliphatic heterocycles. The van der Waals surface area contributed by atoms with E-state index in [0.717, 1.165) is 12.8 Å². The highest BCUT2D eigenvalue weighted by Crippen LogP contribution is 2.33. The molecule has 8 nitrogen and oxygen atoms in total. The molecule has 0 radical (unpaired) electrons. The van der Waals surface area contributed by atoms with E-state index in [2.05, 4.69) is 16.2 Å². The summed E-state index contributed by atoms with van der Waals surface area (Å²) >= 11 is 4.94. The average molecular weight is 352 g/mol. The van der Waals surface area contributed by atoms with Gasteiger partial charge < -0.3 is 10.1 Å². The Bertz CT molecular complexity index is 619. The molecule has 0 bridgehead atoms. The van der Waals surface area contributed by atoms with Crippen LogP contribution in [0.1, 0.15) is 24.3 Å². The van der Waals surface area contributed by atoms with Crippen LogP contribution in [0.15, 0.2) is 24.3 Å². The second-order valence-corrected chi connectivity index (χ2v) is 5.88. The van der Waals surface area contributed by atoms with Crippen LogP contribution < -0.4 is 16.2 Å². The largest absolute Gasteiger partial charge is 0.381 e. The fourth-order valence-electron chi connectivity index (χ4n) is 2.78. The fourth-order valence-corrected chi connectivity index (χ4v) is 2.83. The van der Waals surface area contributed by atoms with Crippen LogP contribution in [-0.4, -0.2) is 36.2 Å². The normalized spacial score (nSPS) is 16.0. The summed E-state index contributed by atoms with van der Waals surface area (Å²) in [7, 11) is 1.64. The van der Waals surface area contributed by atoms with Gasteiger partial charge in [0.1, 0.15) is 0 Å². The van der Waals surface area contributed by atoms with E-state index in [9.17, 15) is 14.9 Å². The number of benzene rings is 1. The van der Waals surface area contributed by atoms with Crippen molar-refractivity contribution in [1.29, 1.82) is 0 Å². The van der Waals surface area contributed by atoms with Crippen LogP contribution in [0.25, 0.3) is 0 Å². The van der Waals surface area contributed by atoms with Gasteiger partial charge in [0.25, 0.3) is 5.69 Å². The second kappa shape index (κ2) is 8.55. The Morgan fingerprint density at radius 3 is 2.71 bits per heavy atom. The van der Waals surface area contributed by atoms with E-state index in [0.29, 0.717) is 18.8 Å². The van der Waals surface area contributed by atoms with E-state index < -0.39 is 10.8 Å². The molecule has 1 aromatic rings. The van der Waals surface area contributed by atoms with Crippen LogP contribution >= 0.6 is 12.2 Å². The maximum atomic E-state index is 12.7. The average Bonchev–Trinajstić information content (AvgIpc) is 2.61. The lowest BCUT2D eigenvalue weighted by molar-refractivity contribution is -0.384. The third-order valence-corrected chi connectivity index (χ3v) is 4.29. The Hall–Kier alpha value is -2.26. The second-order valence-electron chi connectivity index (χ2n) is 5.47. The number of carbonyl (C=O) groups excluding carboxylic acids is 1. The van der Waals surface area contributed by atoms with Gasteiger partial charge in [0.05, 0.1) is 10.8 Å². The quantitative estimate of drug-likeness (QED) is 0.425. The van der Waals surface area contributed by atoms with Crippen LogP contribution in [0.2, 0.25) is 0 Å². The van der Waals surface area contributed by atoms with E-state index in [4.69, 9.17) is 17.0 Å². The van der Waals surface area contributed by atoms with Crippen molar-refractivity contribution >= 4 is 28.9 Å². The number of ether oxygens (including phenoxy) is 1. The zero-order valence-electron chi connectivity index (χ0n) is 13.3. The molecule has 1 atom stereocenters. The number of nitro benzene ring substituents is 1. The number of hydrogen-bond acceptors (Lipinski definition) is 5. The van der Waals surface area contributed by atoms with Gasteiger partial charge in [-0.1, -0.05) is 12.1 Å². The summed E-state index contributed by atoms with van der Waals surface area (Å²) in [6.45, 7) is 1.15. The number of non-ortho nitro benzene ring substituents is 1. The molecule has 1 heterocycles. The van der Waals surface area contributed by atoms with Crippen molar-refractivity contribution in [3.05, 3.63) is 39.9 Å². The number of hydrogen-bond donors (Lipinski definition) is 3. The van der Waals surface area contributed by atoms with Gasteiger partial charge in [-0.05, 0) is 36.5 Å². The predicted octanol–water partition coefficient (Wildman–Crippen LogP) is 1.23. The summed E-state index contributed by atoms with van der Waals surface area (Å²) in [5.74, 6) is -0.744. The zero-order chi connectivity index (χ0) is 17.5. The minimum atomic E-state index is -0.513. The smallest absolute Gasteiger partial charge is 0.269 e.